The summed E-state index contributed by atoms with van der Waals surface area (Å²) in [5.74, 6) is 0. The minimum atomic E-state index is 0.939. The Balaban J connectivity index is 0.000000945. The van der Waals surface area contributed by atoms with E-state index >= 15 is 0 Å². The van der Waals surface area contributed by atoms with Crippen LogP contribution in [-0.2, 0) is 30.8 Å². The molecule has 1 heterocycles. The quantitative estimate of drug-likeness (QED) is 0.0358. The number of benzene rings is 2. The summed E-state index contributed by atoms with van der Waals surface area (Å²) in [7, 11) is 0. The summed E-state index contributed by atoms with van der Waals surface area (Å²) in [4.78, 5) is 3.10. The second-order valence-electron chi connectivity index (χ2n) is 42.1. The summed E-state index contributed by atoms with van der Waals surface area (Å²) < 4.78 is 1.53. The zero-order valence-corrected chi connectivity index (χ0v) is 90.0. The normalized spacial score (nSPS) is 12.3. The molecule has 0 radical (unpaired) electrons. The van der Waals surface area contributed by atoms with Gasteiger partial charge in [0.05, 0.1) is 0 Å². The van der Waals surface area contributed by atoms with E-state index in [9.17, 15) is 5.53 Å². The summed E-state index contributed by atoms with van der Waals surface area (Å²) in [5.41, 5.74) is 20.2. The molecule has 0 amide bonds. The van der Waals surface area contributed by atoms with Crippen molar-refractivity contribution in [3.63, 3.8) is 0 Å². The van der Waals surface area contributed by atoms with Crippen molar-refractivity contribution in [3.8, 4) is 0 Å². The van der Waals surface area contributed by atoms with Gasteiger partial charge in [0.25, 0.3) is 0 Å². The van der Waals surface area contributed by atoms with Gasteiger partial charge in [-0.1, -0.05) is 534 Å². The molecule has 0 unspecified atom stereocenters. The third-order valence-electron chi connectivity index (χ3n) is 29.3. The molecule has 0 atom stereocenters. The maximum atomic E-state index is 11.9. The fraction of sp³-hybridized carbons (Fsp3) is 0.872. The van der Waals surface area contributed by atoms with Gasteiger partial charge in [0, 0.05) is 22.8 Å². The second-order valence-corrected chi connectivity index (χ2v) is 44.4. The number of hydrogen-bond acceptors (Lipinski definition) is 0. The van der Waals surface area contributed by atoms with Gasteiger partial charge in [0.2, 0.25) is 11.4 Å². The minimum Gasteiger partial charge on any atom is -0.0654 e. The molecule has 0 bridgehead atoms. The van der Waals surface area contributed by atoms with Crippen molar-refractivity contribution >= 4 is 11.4 Å². The third kappa shape index (κ3) is 84.7. The van der Waals surface area contributed by atoms with Gasteiger partial charge in [-0.3, -0.25) is 0 Å². The van der Waals surface area contributed by atoms with Crippen LogP contribution in [0.15, 0.2) is 60.2 Å². The molecule has 2 nitrogen and oxygen atoms in total. The fourth-order valence-corrected chi connectivity index (χ4v) is 22.4. The molecule has 752 valence electrons. The van der Waals surface area contributed by atoms with E-state index in [1.807, 2.05) is 0 Å². The molecule has 0 aromatic heterocycles. The topological polar surface area (TPSA) is 25.3 Å². The van der Waals surface area contributed by atoms with Crippen LogP contribution in [0.25, 0.3) is 16.9 Å². The van der Waals surface area contributed by atoms with Gasteiger partial charge in [0.1, 0.15) is 0 Å². The maximum absolute atomic E-state index is 11.9. The molecular formula is C125H232N2Pd. The van der Waals surface area contributed by atoms with Crippen molar-refractivity contribution in [1.82, 2.24) is 0 Å². The molecule has 1 aliphatic heterocycles. The molecular weight excluding hydrogens is 1640 g/mol. The summed E-state index contributed by atoms with van der Waals surface area (Å²) in [5, 5.41) is 0. The summed E-state index contributed by atoms with van der Waals surface area (Å²) in [6.45, 7) is 11.5. The number of hydrogen-bond donors (Lipinski definition) is 0. The Morgan fingerprint density at radius 2 is 0.352 bits per heavy atom. The van der Waals surface area contributed by atoms with Crippen LogP contribution in [0, 0.1) is 0 Å². The van der Waals surface area contributed by atoms with Crippen LogP contribution in [-0.4, -0.2) is 4.70 Å². The van der Waals surface area contributed by atoms with Crippen LogP contribution in [0.5, 0.6) is 0 Å². The van der Waals surface area contributed by atoms with E-state index in [0.717, 1.165) is 66.2 Å². The Bertz CT molecular complexity index is 2510. The number of rotatable bonds is 106. The van der Waals surface area contributed by atoms with Gasteiger partial charge >= 0.3 is 169 Å². The molecule has 2 aromatic rings. The van der Waals surface area contributed by atoms with Crippen LogP contribution in [0.4, 0.5) is 0 Å². The van der Waals surface area contributed by atoms with Gasteiger partial charge in [-0.15, -0.1) is 0 Å². The van der Waals surface area contributed by atoms with Gasteiger partial charge in [-0.2, -0.15) is 0 Å². The van der Waals surface area contributed by atoms with Crippen molar-refractivity contribution in [2.75, 3.05) is 0 Å². The molecule has 0 saturated heterocycles. The molecule has 0 saturated carbocycles. The summed E-state index contributed by atoms with van der Waals surface area (Å²) in [6, 6.07) is 18.2. The Morgan fingerprint density at radius 1 is 0.188 bits per heavy atom. The first-order valence-electron chi connectivity index (χ1n) is 60.2. The van der Waals surface area contributed by atoms with Crippen molar-refractivity contribution < 1.29 is 22.7 Å². The Labute approximate surface area is 815 Å². The molecule has 0 spiro atoms. The number of aryl methyl sites for hydroxylation is 2. The molecule has 0 N–H and O–H groups in total. The van der Waals surface area contributed by atoms with Gasteiger partial charge in [-0.25, -0.2) is 4.70 Å². The first-order chi connectivity index (χ1) is 63.6. The average Bonchev–Trinajstić information content (AvgIpc) is 1.63. The predicted molar refractivity (Wildman–Crippen MR) is 578 cm³/mol. The standard InChI is InChI=1S/C75H130N2.2C25H51.Pd/c1-4-7-10-12-14-16-18-20-22-24-26-28-30-32-34-36-38-40-42-44-46-48-50-52-55-59-69-61-57-64-71(66-69)74-68-73(63-54-9-6-3)75(77(74)76)72-65-58-62-70(67-72)60-56-53-51-49-47-45-43-41-39-37-35-33-31-29-27-25-23-21-19-17-15-13-11-8-5-2;2*1-3-5-7-9-11-13-15-17-19-21-23-25-24-22-20-18-16-14-12-10-8-6-4-2;/h57-58,61-62,64-68H,4-56,59-60,63H2,1-3H3;2*1,3-25H2,2H3;. The molecule has 128 heavy (non-hydrogen) atoms. The average molecular weight is 1870 g/mol. The number of allylic oxidation sites excluding steroid dienone is 2. The number of unbranched alkanes of at least 4 members (excludes halogenated alkanes) is 94. The molecule has 0 fully saturated rings. The Morgan fingerprint density at radius 3 is 0.562 bits per heavy atom. The van der Waals surface area contributed by atoms with Gasteiger partial charge in [0.15, 0.2) is 0 Å². The molecule has 0 aliphatic carbocycles. The fourth-order valence-electron chi connectivity index (χ4n) is 20.5. The summed E-state index contributed by atoms with van der Waals surface area (Å²) >= 11 is 1.06. The van der Waals surface area contributed by atoms with E-state index in [-0.39, 0.29) is 0 Å². The molecule has 1 aliphatic rings. The van der Waals surface area contributed by atoms with Crippen molar-refractivity contribution in [2.45, 2.75) is 699 Å². The predicted octanol–water partition coefficient (Wildman–Crippen LogP) is 46.6. The Kier molecular flexibility index (Phi) is 99.4. The SMILES string of the molecule is CCCCCCCCCCCCCCCCCCCCCCCCCCCc1cccc(C2=CC(CCCCC)=C(c3cccc(CCCCCCCCCCCCCCCCCCCCCCCCCCC)c3)[N+]2=[N-])c1.CCCCCCCCCCCCCCCCCCCCCCCC[CH2][Pd][CH2]CCCCCCCCCCCCCCCCCCCCCCCC. The van der Waals surface area contributed by atoms with E-state index in [0.29, 0.717) is 0 Å². The van der Waals surface area contributed by atoms with Crippen molar-refractivity contribution in [3.05, 3.63) is 88.0 Å². The monoisotopic (exact) mass is 1870 g/mol. The van der Waals surface area contributed by atoms with E-state index in [1.165, 1.54) is 651 Å². The molecule has 3 rings (SSSR count). The molecule has 2 aromatic carbocycles. The third-order valence-corrected chi connectivity index (χ3v) is 31.5. The first kappa shape index (κ1) is 122. The summed E-state index contributed by atoms with van der Waals surface area (Å²) in [6.07, 6.45) is 149. The number of nitrogens with zero attached hydrogens (tertiary/aromatic N) is 2. The van der Waals surface area contributed by atoms with Crippen molar-refractivity contribution in [1.29, 1.82) is 0 Å². The van der Waals surface area contributed by atoms with E-state index in [4.69, 9.17) is 0 Å². The van der Waals surface area contributed by atoms with Crippen LogP contribution >= 0.6 is 0 Å². The smallest absolute Gasteiger partial charge is 0.0654 e. The van der Waals surface area contributed by atoms with Crippen LogP contribution in [0.2, 0.25) is 9.79 Å². The van der Waals surface area contributed by atoms with E-state index in [1.54, 1.807) is 9.79 Å². The molecule has 3 heteroatoms. The first-order valence-corrected chi connectivity index (χ1v) is 62.4. The van der Waals surface area contributed by atoms with Crippen LogP contribution < -0.4 is 0 Å². The second kappa shape index (κ2) is 104. The zero-order valence-electron chi connectivity index (χ0n) is 88.4. The minimum absolute atomic E-state index is 0.939. The Hall–Kier alpha value is -1.82. The van der Waals surface area contributed by atoms with Crippen LogP contribution in [0.1, 0.15) is 699 Å². The van der Waals surface area contributed by atoms with Crippen molar-refractivity contribution in [2.24, 2.45) is 0 Å². The van der Waals surface area contributed by atoms with E-state index < -0.39 is 0 Å². The van der Waals surface area contributed by atoms with Gasteiger partial charge in [-0.05, 0) is 73.9 Å². The van der Waals surface area contributed by atoms with Gasteiger partial charge < -0.3 is 5.53 Å². The zero-order chi connectivity index (χ0) is 91.2. The van der Waals surface area contributed by atoms with E-state index in [2.05, 4.69) is 89.2 Å². The van der Waals surface area contributed by atoms with Crippen LogP contribution in [0.3, 0.4) is 0 Å².